The number of hydrogen-bond donors (Lipinski definition) is 1. The second kappa shape index (κ2) is 5.40. The molecule has 2 rings (SSSR count). The zero-order valence-corrected chi connectivity index (χ0v) is 11.2. The molecule has 1 aromatic carbocycles. The Morgan fingerprint density at radius 3 is 2.68 bits per heavy atom. The van der Waals surface area contributed by atoms with Crippen LogP contribution in [0.3, 0.4) is 0 Å². The van der Waals surface area contributed by atoms with E-state index in [0.29, 0.717) is 17.2 Å². The fourth-order valence-corrected chi connectivity index (χ4v) is 1.68. The number of oxazole rings is 1. The summed E-state index contributed by atoms with van der Waals surface area (Å²) in [4.78, 5) is 4.14. The molecular formula is C14H17FN2O2. The molecule has 1 unspecified atom stereocenters. The van der Waals surface area contributed by atoms with Crippen LogP contribution in [0, 0.1) is 11.7 Å². The zero-order valence-electron chi connectivity index (χ0n) is 11.2. The highest BCUT2D eigenvalue weighted by Crippen LogP contribution is 2.28. The van der Waals surface area contributed by atoms with Crippen molar-refractivity contribution in [2.75, 3.05) is 7.11 Å². The molecule has 0 fully saturated rings. The van der Waals surface area contributed by atoms with Crippen molar-refractivity contribution >= 4 is 0 Å². The fourth-order valence-electron chi connectivity index (χ4n) is 1.68. The lowest BCUT2D eigenvalue weighted by atomic mass is 10.1. The summed E-state index contributed by atoms with van der Waals surface area (Å²) in [6.07, 6.45) is 1.55. The fraction of sp³-hybridized carbons (Fsp3) is 0.357. The third-order valence-electron chi connectivity index (χ3n) is 2.96. The van der Waals surface area contributed by atoms with Gasteiger partial charge in [0.25, 0.3) is 0 Å². The minimum atomic E-state index is -0.439. The van der Waals surface area contributed by atoms with Gasteiger partial charge in [-0.15, -0.1) is 0 Å². The number of aromatic nitrogens is 1. The second-order valence-corrected chi connectivity index (χ2v) is 4.68. The highest BCUT2D eigenvalue weighted by atomic mass is 19.1. The van der Waals surface area contributed by atoms with Gasteiger partial charge in [-0.05, 0) is 24.1 Å². The highest BCUT2D eigenvalue weighted by Gasteiger charge is 2.17. The molecule has 1 aromatic heterocycles. The monoisotopic (exact) mass is 264 g/mol. The lowest BCUT2D eigenvalue weighted by molar-refractivity contribution is 0.385. The third kappa shape index (κ3) is 2.76. The molecule has 5 heteroatoms. The molecule has 0 aliphatic rings. The maximum atomic E-state index is 13.6. The van der Waals surface area contributed by atoms with Crippen LogP contribution in [0.2, 0.25) is 0 Å². The molecule has 2 aromatic rings. The molecule has 1 atom stereocenters. The van der Waals surface area contributed by atoms with E-state index in [1.807, 2.05) is 13.8 Å². The summed E-state index contributed by atoms with van der Waals surface area (Å²) in [7, 11) is 1.42. The van der Waals surface area contributed by atoms with E-state index >= 15 is 0 Å². The molecule has 2 N–H and O–H groups in total. The standard InChI is InChI=1S/C14H17FN2O2/c1-8(2)13(16)14-17-7-12(19-14)9-4-5-11(18-3)10(15)6-9/h4-8,13H,16H2,1-3H3. The highest BCUT2D eigenvalue weighted by molar-refractivity contribution is 5.58. The number of benzene rings is 1. The van der Waals surface area contributed by atoms with E-state index in [2.05, 4.69) is 4.98 Å². The summed E-state index contributed by atoms with van der Waals surface area (Å²) >= 11 is 0. The molecule has 19 heavy (non-hydrogen) atoms. The second-order valence-electron chi connectivity index (χ2n) is 4.68. The maximum absolute atomic E-state index is 13.6. The molecule has 0 radical (unpaired) electrons. The molecule has 102 valence electrons. The summed E-state index contributed by atoms with van der Waals surface area (Å²) < 4.78 is 24.1. The zero-order chi connectivity index (χ0) is 14.0. The van der Waals surface area contributed by atoms with Gasteiger partial charge in [-0.2, -0.15) is 0 Å². The Kier molecular flexibility index (Phi) is 3.85. The molecule has 0 amide bonds. The Hall–Kier alpha value is -1.88. The Labute approximate surface area is 111 Å². The van der Waals surface area contributed by atoms with Gasteiger partial charge in [-0.1, -0.05) is 13.8 Å². The van der Waals surface area contributed by atoms with E-state index in [1.54, 1.807) is 18.3 Å². The van der Waals surface area contributed by atoms with Crippen molar-refractivity contribution in [3.63, 3.8) is 0 Å². The molecule has 0 spiro atoms. The summed E-state index contributed by atoms with van der Waals surface area (Å²) in [5.74, 6) is 0.932. The molecular weight excluding hydrogens is 247 g/mol. The van der Waals surface area contributed by atoms with E-state index < -0.39 is 5.82 Å². The third-order valence-corrected chi connectivity index (χ3v) is 2.96. The average molecular weight is 264 g/mol. The first-order chi connectivity index (χ1) is 9.02. The van der Waals surface area contributed by atoms with E-state index in [0.717, 1.165) is 0 Å². The summed E-state index contributed by atoms with van der Waals surface area (Å²) in [6.45, 7) is 3.98. The minimum Gasteiger partial charge on any atom is -0.494 e. The Bertz CT molecular complexity index is 566. The van der Waals surface area contributed by atoms with Crippen molar-refractivity contribution in [3.05, 3.63) is 36.1 Å². The quantitative estimate of drug-likeness (QED) is 0.921. The maximum Gasteiger partial charge on any atom is 0.212 e. The molecule has 1 heterocycles. The summed E-state index contributed by atoms with van der Waals surface area (Å²) in [5.41, 5.74) is 6.56. The molecule has 0 aliphatic heterocycles. The molecule has 0 bridgehead atoms. The van der Waals surface area contributed by atoms with Gasteiger partial charge in [-0.3, -0.25) is 0 Å². The lowest BCUT2D eigenvalue weighted by Gasteiger charge is -2.10. The number of methoxy groups -OCH3 is 1. The van der Waals surface area contributed by atoms with E-state index in [1.165, 1.54) is 13.2 Å². The van der Waals surface area contributed by atoms with Gasteiger partial charge < -0.3 is 14.9 Å². The van der Waals surface area contributed by atoms with Gasteiger partial charge in [0.05, 0.1) is 19.3 Å². The first kappa shape index (κ1) is 13.5. The minimum absolute atomic E-state index is 0.197. The number of rotatable bonds is 4. The van der Waals surface area contributed by atoms with Gasteiger partial charge in [0.15, 0.2) is 17.3 Å². The normalized spacial score (nSPS) is 12.7. The summed E-state index contributed by atoms with van der Waals surface area (Å²) in [5, 5.41) is 0. The van der Waals surface area contributed by atoms with Crippen molar-refractivity contribution in [1.29, 1.82) is 0 Å². The SMILES string of the molecule is COc1ccc(-c2cnc(C(N)C(C)C)o2)cc1F. The average Bonchev–Trinajstić information content (AvgIpc) is 2.87. The van der Waals surface area contributed by atoms with Gasteiger partial charge in [0, 0.05) is 5.56 Å². The van der Waals surface area contributed by atoms with Crippen molar-refractivity contribution in [1.82, 2.24) is 4.98 Å². The smallest absolute Gasteiger partial charge is 0.212 e. The number of halogens is 1. The number of hydrogen-bond acceptors (Lipinski definition) is 4. The van der Waals surface area contributed by atoms with Crippen LogP contribution in [0.5, 0.6) is 5.75 Å². The van der Waals surface area contributed by atoms with E-state index in [4.69, 9.17) is 14.9 Å². The van der Waals surface area contributed by atoms with Crippen LogP contribution < -0.4 is 10.5 Å². The lowest BCUT2D eigenvalue weighted by Crippen LogP contribution is -2.16. The van der Waals surface area contributed by atoms with Crippen LogP contribution in [-0.4, -0.2) is 12.1 Å². The summed E-state index contributed by atoms with van der Waals surface area (Å²) in [6, 6.07) is 4.35. The van der Waals surface area contributed by atoms with Gasteiger partial charge in [-0.25, -0.2) is 9.37 Å². The molecule has 0 saturated heterocycles. The van der Waals surface area contributed by atoms with Crippen LogP contribution in [0.15, 0.2) is 28.8 Å². The first-order valence-electron chi connectivity index (χ1n) is 6.08. The molecule has 4 nitrogen and oxygen atoms in total. The number of ether oxygens (including phenoxy) is 1. The van der Waals surface area contributed by atoms with Crippen molar-refractivity contribution in [2.24, 2.45) is 11.7 Å². The largest absolute Gasteiger partial charge is 0.494 e. The van der Waals surface area contributed by atoms with E-state index in [9.17, 15) is 4.39 Å². The number of nitrogens with two attached hydrogens (primary N) is 1. The van der Waals surface area contributed by atoms with Gasteiger partial charge >= 0.3 is 0 Å². The Morgan fingerprint density at radius 2 is 2.11 bits per heavy atom. The van der Waals surface area contributed by atoms with Crippen LogP contribution in [-0.2, 0) is 0 Å². The van der Waals surface area contributed by atoms with Crippen molar-refractivity contribution < 1.29 is 13.5 Å². The van der Waals surface area contributed by atoms with Crippen molar-refractivity contribution in [2.45, 2.75) is 19.9 Å². The predicted molar refractivity (Wildman–Crippen MR) is 70.2 cm³/mol. The van der Waals surface area contributed by atoms with Crippen LogP contribution in [0.1, 0.15) is 25.8 Å². The van der Waals surface area contributed by atoms with Gasteiger partial charge in [0.1, 0.15) is 0 Å². The topological polar surface area (TPSA) is 61.3 Å². The predicted octanol–water partition coefficient (Wildman–Crippen LogP) is 3.15. The molecule has 0 aliphatic carbocycles. The molecule has 0 saturated carbocycles. The van der Waals surface area contributed by atoms with Gasteiger partial charge in [0.2, 0.25) is 5.89 Å². The van der Waals surface area contributed by atoms with Crippen LogP contribution in [0.25, 0.3) is 11.3 Å². The van der Waals surface area contributed by atoms with Crippen molar-refractivity contribution in [3.8, 4) is 17.1 Å². The Balaban J connectivity index is 2.30. The van der Waals surface area contributed by atoms with E-state index in [-0.39, 0.29) is 17.7 Å². The van der Waals surface area contributed by atoms with Crippen LogP contribution >= 0.6 is 0 Å². The number of nitrogens with zero attached hydrogens (tertiary/aromatic N) is 1. The van der Waals surface area contributed by atoms with Crippen LogP contribution in [0.4, 0.5) is 4.39 Å². The Morgan fingerprint density at radius 1 is 1.37 bits per heavy atom. The first-order valence-corrected chi connectivity index (χ1v) is 6.08.